The summed E-state index contributed by atoms with van der Waals surface area (Å²) in [5.74, 6) is 0.0400. The molecule has 1 amide bonds. The molecule has 1 aromatic carbocycles. The molecule has 132 valence electrons. The number of carbonyl (C=O) groups excluding carboxylic acids is 1. The zero-order valence-corrected chi connectivity index (χ0v) is 15.3. The molecule has 0 unspecified atom stereocenters. The second-order valence-electron chi connectivity index (χ2n) is 5.12. The van der Waals surface area contributed by atoms with E-state index in [9.17, 15) is 13.2 Å². The zero-order valence-electron chi connectivity index (χ0n) is 13.6. The lowest BCUT2D eigenvalue weighted by molar-refractivity contribution is -0.121. The highest BCUT2D eigenvalue weighted by Gasteiger charge is 2.14. The van der Waals surface area contributed by atoms with Crippen LogP contribution in [0.25, 0.3) is 0 Å². The molecule has 0 aromatic heterocycles. The van der Waals surface area contributed by atoms with Crippen molar-refractivity contribution in [3.05, 3.63) is 29.8 Å². The van der Waals surface area contributed by atoms with Crippen LogP contribution in [0.3, 0.4) is 0 Å². The number of para-hydroxylation sites is 1. The first-order valence-corrected chi connectivity index (χ1v) is 9.02. The second-order valence-corrected chi connectivity index (χ2v) is 7.49. The molecule has 0 saturated heterocycles. The van der Waals surface area contributed by atoms with E-state index in [0.29, 0.717) is 38.0 Å². The van der Waals surface area contributed by atoms with Crippen LogP contribution in [-0.4, -0.2) is 44.5 Å². The first-order valence-electron chi connectivity index (χ1n) is 7.41. The number of rotatable bonds is 9. The number of nitrogens with two attached hydrogens (primary N) is 1. The summed E-state index contributed by atoms with van der Waals surface area (Å²) in [6.45, 7) is 2.48. The lowest BCUT2D eigenvalue weighted by atomic mass is 10.1. The van der Waals surface area contributed by atoms with Crippen molar-refractivity contribution in [2.24, 2.45) is 0 Å². The standard InChI is InChI=1S/C15H25N3O3S.ClH/c1-3-22(20,21)18(2)12-6-11-17-15(19)10-9-13-7-4-5-8-14(13)16;/h4-5,7-8H,3,6,9-12,16H2,1-2H3,(H,17,19);1H. The molecule has 6 nitrogen and oxygen atoms in total. The van der Waals surface area contributed by atoms with Crippen LogP contribution < -0.4 is 11.1 Å². The molecule has 0 radical (unpaired) electrons. The van der Waals surface area contributed by atoms with Gasteiger partial charge in [-0.15, -0.1) is 12.4 Å². The molecule has 1 rings (SSSR count). The highest BCUT2D eigenvalue weighted by Crippen LogP contribution is 2.12. The van der Waals surface area contributed by atoms with Crippen molar-refractivity contribution in [2.75, 3.05) is 31.6 Å². The SMILES string of the molecule is CCS(=O)(=O)N(C)CCCNC(=O)CCc1ccccc1N.Cl. The van der Waals surface area contributed by atoms with Gasteiger partial charge in [0.1, 0.15) is 0 Å². The monoisotopic (exact) mass is 363 g/mol. The van der Waals surface area contributed by atoms with Gasteiger partial charge in [-0.25, -0.2) is 12.7 Å². The number of amides is 1. The van der Waals surface area contributed by atoms with E-state index < -0.39 is 10.0 Å². The predicted molar refractivity (Wildman–Crippen MR) is 96.1 cm³/mol. The first kappa shape index (κ1) is 21.7. The van der Waals surface area contributed by atoms with Gasteiger partial charge in [0.25, 0.3) is 0 Å². The van der Waals surface area contributed by atoms with Crippen LogP contribution in [0, 0.1) is 0 Å². The van der Waals surface area contributed by atoms with Crippen LogP contribution in [0.5, 0.6) is 0 Å². The van der Waals surface area contributed by atoms with E-state index in [4.69, 9.17) is 5.73 Å². The van der Waals surface area contributed by atoms with Crippen molar-refractivity contribution < 1.29 is 13.2 Å². The molecule has 0 heterocycles. The number of benzene rings is 1. The number of nitrogens with zero attached hydrogens (tertiary/aromatic N) is 1. The molecule has 0 aliphatic heterocycles. The van der Waals surface area contributed by atoms with Crippen molar-refractivity contribution in [1.82, 2.24) is 9.62 Å². The first-order chi connectivity index (χ1) is 10.4. The van der Waals surface area contributed by atoms with Gasteiger partial charge < -0.3 is 11.1 Å². The number of nitrogen functional groups attached to an aromatic ring is 1. The van der Waals surface area contributed by atoms with Crippen molar-refractivity contribution >= 4 is 34.0 Å². The van der Waals surface area contributed by atoms with Crippen molar-refractivity contribution in [1.29, 1.82) is 0 Å². The van der Waals surface area contributed by atoms with Gasteiger partial charge in [0.15, 0.2) is 0 Å². The summed E-state index contributed by atoms with van der Waals surface area (Å²) in [6.07, 6.45) is 1.56. The summed E-state index contributed by atoms with van der Waals surface area (Å²) in [4.78, 5) is 11.7. The van der Waals surface area contributed by atoms with Crippen LogP contribution in [-0.2, 0) is 21.2 Å². The highest BCUT2D eigenvalue weighted by molar-refractivity contribution is 7.89. The molecule has 0 atom stereocenters. The van der Waals surface area contributed by atoms with Crippen LogP contribution in [0.15, 0.2) is 24.3 Å². The maximum Gasteiger partial charge on any atom is 0.220 e. The lowest BCUT2D eigenvalue weighted by Crippen LogP contribution is -2.32. The number of sulfonamides is 1. The fraction of sp³-hybridized carbons (Fsp3) is 0.533. The Hall–Kier alpha value is -1.31. The fourth-order valence-corrected chi connectivity index (χ4v) is 2.84. The Morgan fingerprint density at radius 2 is 1.96 bits per heavy atom. The van der Waals surface area contributed by atoms with Gasteiger partial charge >= 0.3 is 0 Å². The molecular weight excluding hydrogens is 338 g/mol. The third-order valence-electron chi connectivity index (χ3n) is 3.49. The number of halogens is 1. The van der Waals surface area contributed by atoms with Gasteiger partial charge in [0.2, 0.25) is 15.9 Å². The Balaban J connectivity index is 0.00000484. The normalized spacial score (nSPS) is 11.1. The minimum atomic E-state index is -3.14. The molecule has 8 heteroatoms. The van der Waals surface area contributed by atoms with E-state index in [1.165, 1.54) is 4.31 Å². The van der Waals surface area contributed by atoms with Crippen molar-refractivity contribution in [2.45, 2.75) is 26.2 Å². The van der Waals surface area contributed by atoms with E-state index in [0.717, 1.165) is 5.56 Å². The molecule has 0 saturated carbocycles. The van der Waals surface area contributed by atoms with Gasteiger partial charge in [-0.3, -0.25) is 4.79 Å². The predicted octanol–water partition coefficient (Wildman–Crippen LogP) is 1.41. The molecule has 0 fully saturated rings. The summed E-state index contributed by atoms with van der Waals surface area (Å²) >= 11 is 0. The van der Waals surface area contributed by atoms with Gasteiger partial charge in [-0.2, -0.15) is 0 Å². The van der Waals surface area contributed by atoms with Crippen molar-refractivity contribution in [3.63, 3.8) is 0 Å². The van der Waals surface area contributed by atoms with Gasteiger partial charge in [-0.1, -0.05) is 18.2 Å². The maximum absolute atomic E-state index is 11.7. The van der Waals surface area contributed by atoms with E-state index in [1.807, 2.05) is 24.3 Å². The Morgan fingerprint density at radius 1 is 1.30 bits per heavy atom. The van der Waals surface area contributed by atoms with Gasteiger partial charge in [0, 0.05) is 32.2 Å². The number of hydrogen-bond donors (Lipinski definition) is 2. The van der Waals surface area contributed by atoms with Crippen molar-refractivity contribution in [3.8, 4) is 0 Å². The molecule has 1 aromatic rings. The average molecular weight is 364 g/mol. The summed E-state index contributed by atoms with van der Waals surface area (Å²) in [5, 5.41) is 2.80. The number of anilines is 1. The average Bonchev–Trinajstić information content (AvgIpc) is 2.50. The Kier molecular flexibility index (Phi) is 9.87. The molecule has 23 heavy (non-hydrogen) atoms. The Bertz CT molecular complexity index is 593. The fourth-order valence-electron chi connectivity index (χ4n) is 1.99. The summed E-state index contributed by atoms with van der Waals surface area (Å²) in [7, 11) is -1.59. The van der Waals surface area contributed by atoms with Crippen LogP contribution in [0.2, 0.25) is 0 Å². The number of aryl methyl sites for hydroxylation is 1. The number of hydrogen-bond acceptors (Lipinski definition) is 4. The molecule has 0 aliphatic carbocycles. The Morgan fingerprint density at radius 3 is 2.57 bits per heavy atom. The lowest BCUT2D eigenvalue weighted by Gasteiger charge is -2.15. The van der Waals surface area contributed by atoms with E-state index in [1.54, 1.807) is 14.0 Å². The van der Waals surface area contributed by atoms with Gasteiger partial charge in [0.05, 0.1) is 5.75 Å². The summed E-state index contributed by atoms with van der Waals surface area (Å²) in [5.41, 5.74) is 7.48. The molecule has 0 aliphatic rings. The van der Waals surface area contributed by atoms with E-state index in [-0.39, 0.29) is 24.1 Å². The van der Waals surface area contributed by atoms with E-state index in [2.05, 4.69) is 5.32 Å². The topological polar surface area (TPSA) is 92.5 Å². The Labute approximate surface area is 144 Å². The molecule has 0 bridgehead atoms. The number of carbonyl (C=O) groups is 1. The summed E-state index contributed by atoms with van der Waals surface area (Å²) < 4.78 is 24.4. The zero-order chi connectivity index (χ0) is 16.6. The second kappa shape index (κ2) is 10.5. The summed E-state index contributed by atoms with van der Waals surface area (Å²) in [6, 6.07) is 7.48. The molecule has 3 N–H and O–H groups in total. The quantitative estimate of drug-likeness (QED) is 0.512. The van der Waals surface area contributed by atoms with Gasteiger partial charge in [-0.05, 0) is 31.4 Å². The highest BCUT2D eigenvalue weighted by atomic mass is 35.5. The molecule has 0 spiro atoms. The third-order valence-corrected chi connectivity index (χ3v) is 5.35. The minimum Gasteiger partial charge on any atom is -0.399 e. The largest absolute Gasteiger partial charge is 0.399 e. The van der Waals surface area contributed by atoms with E-state index >= 15 is 0 Å². The number of nitrogens with one attached hydrogen (secondary N) is 1. The minimum absolute atomic E-state index is 0. The third kappa shape index (κ3) is 7.67. The maximum atomic E-state index is 11.7. The smallest absolute Gasteiger partial charge is 0.220 e. The van der Waals surface area contributed by atoms with Crippen LogP contribution in [0.4, 0.5) is 5.69 Å². The van der Waals surface area contributed by atoms with Crippen LogP contribution >= 0.6 is 12.4 Å². The molecular formula is C15H26ClN3O3S. The van der Waals surface area contributed by atoms with Crippen LogP contribution in [0.1, 0.15) is 25.3 Å².